The summed E-state index contributed by atoms with van der Waals surface area (Å²) in [4.78, 5) is 29.1. The fourth-order valence-corrected chi connectivity index (χ4v) is 6.47. The Labute approximate surface area is 281 Å². The van der Waals surface area contributed by atoms with Gasteiger partial charge in [0, 0.05) is 18.2 Å². The Morgan fingerprint density at radius 3 is 2.09 bits per heavy atom. The summed E-state index contributed by atoms with van der Waals surface area (Å²) < 4.78 is 45.8. The Morgan fingerprint density at radius 2 is 1.54 bits per heavy atom. The first-order chi connectivity index (χ1) is 21.6. The van der Waals surface area contributed by atoms with E-state index >= 15 is 0 Å². The van der Waals surface area contributed by atoms with Crippen LogP contribution in [-0.2, 0) is 26.2 Å². The van der Waals surface area contributed by atoms with Crippen LogP contribution < -0.4 is 23.8 Å². The number of anilines is 1. The van der Waals surface area contributed by atoms with Crippen molar-refractivity contribution in [3.05, 3.63) is 76.3 Å². The lowest BCUT2D eigenvalue weighted by atomic mass is 10.1. The molecule has 0 saturated carbocycles. The number of hydrogen-bond acceptors (Lipinski definition) is 7. The van der Waals surface area contributed by atoms with Crippen LogP contribution in [0.3, 0.4) is 0 Å². The standard InChI is InChI=1S/C33H41Cl2N3O7S/c1-8-28(32(40)36-33(3,4)5)37(20-22-10-16-26(34)27(35)18-22)31(39)21-38(23-11-13-24(14-12-23)45-9-2)46(41,42)25-15-17-29(43-6)30(19-25)44-7/h10-19,28H,8-9,20-21H2,1-7H3,(H,36,40). The fourth-order valence-electron chi connectivity index (χ4n) is 4.72. The van der Waals surface area contributed by atoms with Gasteiger partial charge in [-0.25, -0.2) is 8.42 Å². The maximum Gasteiger partial charge on any atom is 0.264 e. The summed E-state index contributed by atoms with van der Waals surface area (Å²) in [5, 5.41) is 3.56. The molecule has 0 aliphatic heterocycles. The molecule has 3 aromatic carbocycles. The van der Waals surface area contributed by atoms with Gasteiger partial charge in [0.15, 0.2) is 11.5 Å². The average molecular weight is 695 g/mol. The molecule has 0 fully saturated rings. The number of nitrogens with zero attached hydrogens (tertiary/aromatic N) is 2. The van der Waals surface area contributed by atoms with Gasteiger partial charge in [-0.1, -0.05) is 36.2 Å². The van der Waals surface area contributed by atoms with Gasteiger partial charge >= 0.3 is 0 Å². The molecule has 0 spiro atoms. The van der Waals surface area contributed by atoms with Crippen molar-refractivity contribution >= 4 is 50.7 Å². The van der Waals surface area contributed by atoms with E-state index in [4.69, 9.17) is 37.4 Å². The molecule has 0 aliphatic rings. The first-order valence-electron chi connectivity index (χ1n) is 14.7. The van der Waals surface area contributed by atoms with Crippen molar-refractivity contribution in [2.24, 2.45) is 0 Å². The van der Waals surface area contributed by atoms with Crippen LogP contribution in [0.5, 0.6) is 17.2 Å². The predicted octanol–water partition coefficient (Wildman–Crippen LogP) is 6.33. The van der Waals surface area contributed by atoms with Crippen LogP contribution in [0, 0.1) is 0 Å². The number of halogens is 2. The molecule has 46 heavy (non-hydrogen) atoms. The molecule has 10 nitrogen and oxygen atoms in total. The summed E-state index contributed by atoms with van der Waals surface area (Å²) in [6, 6.07) is 14.5. The second-order valence-corrected chi connectivity index (χ2v) is 14.1. The van der Waals surface area contributed by atoms with E-state index in [1.54, 1.807) is 49.4 Å². The first kappa shape index (κ1) is 36.8. The highest BCUT2D eigenvalue weighted by molar-refractivity contribution is 7.92. The molecule has 0 bridgehead atoms. The second-order valence-electron chi connectivity index (χ2n) is 11.4. The minimum atomic E-state index is -4.36. The van der Waals surface area contributed by atoms with Gasteiger partial charge in [-0.15, -0.1) is 0 Å². The highest BCUT2D eigenvalue weighted by Gasteiger charge is 2.35. The Balaban J connectivity index is 2.14. The van der Waals surface area contributed by atoms with Gasteiger partial charge in [-0.05, 0) is 88.2 Å². The Hall–Kier alpha value is -3.67. The molecule has 2 amide bonds. The lowest BCUT2D eigenvalue weighted by Crippen LogP contribution is -2.55. The van der Waals surface area contributed by atoms with Crippen LogP contribution >= 0.6 is 23.2 Å². The third-order valence-electron chi connectivity index (χ3n) is 6.88. The second kappa shape index (κ2) is 15.8. The minimum Gasteiger partial charge on any atom is -0.494 e. The predicted molar refractivity (Wildman–Crippen MR) is 181 cm³/mol. The van der Waals surface area contributed by atoms with E-state index in [-0.39, 0.29) is 40.2 Å². The average Bonchev–Trinajstić information content (AvgIpc) is 3.00. The Kier molecular flexibility index (Phi) is 12.6. The van der Waals surface area contributed by atoms with E-state index < -0.39 is 34.1 Å². The molecule has 0 radical (unpaired) electrons. The quantitative estimate of drug-likeness (QED) is 0.210. The molecule has 13 heteroatoms. The zero-order valence-corrected chi connectivity index (χ0v) is 29.4. The molecular weight excluding hydrogens is 653 g/mol. The van der Waals surface area contributed by atoms with Crippen LogP contribution in [0.4, 0.5) is 5.69 Å². The normalized spacial score (nSPS) is 12.2. The maximum atomic E-state index is 14.3. The van der Waals surface area contributed by atoms with Crippen LogP contribution in [0.1, 0.15) is 46.6 Å². The number of methoxy groups -OCH3 is 2. The minimum absolute atomic E-state index is 0.0285. The van der Waals surface area contributed by atoms with Crippen LogP contribution in [0.2, 0.25) is 10.0 Å². The molecule has 0 aliphatic carbocycles. The maximum absolute atomic E-state index is 14.3. The molecule has 1 atom stereocenters. The van der Waals surface area contributed by atoms with E-state index in [2.05, 4.69) is 5.32 Å². The number of ether oxygens (including phenoxy) is 3. The molecule has 3 aromatic rings. The zero-order chi connectivity index (χ0) is 34.2. The molecule has 3 rings (SSSR count). The Bertz CT molecular complexity index is 1630. The van der Waals surface area contributed by atoms with E-state index in [0.29, 0.717) is 28.7 Å². The van der Waals surface area contributed by atoms with Gasteiger partial charge in [-0.3, -0.25) is 13.9 Å². The monoisotopic (exact) mass is 693 g/mol. The fraction of sp³-hybridized carbons (Fsp3) is 0.394. The van der Waals surface area contributed by atoms with Crippen molar-refractivity contribution in [2.45, 2.75) is 64.1 Å². The number of hydrogen-bond donors (Lipinski definition) is 1. The number of rotatable bonds is 14. The SMILES string of the molecule is CCOc1ccc(N(CC(=O)N(Cc2ccc(Cl)c(Cl)c2)C(CC)C(=O)NC(C)(C)C)S(=O)(=O)c2ccc(OC)c(OC)c2)cc1. The highest BCUT2D eigenvalue weighted by atomic mass is 35.5. The molecule has 1 unspecified atom stereocenters. The molecule has 0 aromatic heterocycles. The molecule has 1 N–H and O–H groups in total. The van der Waals surface area contributed by atoms with Crippen LogP contribution in [0.15, 0.2) is 65.6 Å². The summed E-state index contributed by atoms with van der Waals surface area (Å²) in [5.41, 5.74) is 0.252. The molecule has 250 valence electrons. The summed E-state index contributed by atoms with van der Waals surface area (Å²) in [5.74, 6) is 0.0900. The van der Waals surface area contributed by atoms with Crippen molar-refractivity contribution in [1.82, 2.24) is 10.2 Å². The lowest BCUT2D eigenvalue weighted by Gasteiger charge is -2.35. The van der Waals surface area contributed by atoms with Gasteiger partial charge < -0.3 is 24.4 Å². The summed E-state index contributed by atoms with van der Waals surface area (Å²) in [7, 11) is -1.52. The van der Waals surface area contributed by atoms with E-state index in [1.807, 2.05) is 27.7 Å². The smallest absolute Gasteiger partial charge is 0.264 e. The van der Waals surface area contributed by atoms with Crippen LogP contribution in [0.25, 0.3) is 0 Å². The third-order valence-corrected chi connectivity index (χ3v) is 9.39. The van der Waals surface area contributed by atoms with Gasteiger partial charge in [0.05, 0.1) is 41.5 Å². The summed E-state index contributed by atoms with van der Waals surface area (Å²) in [6.45, 7) is 8.91. The molecule has 0 heterocycles. The van der Waals surface area contributed by atoms with Crippen LogP contribution in [-0.4, -0.2) is 64.1 Å². The summed E-state index contributed by atoms with van der Waals surface area (Å²) >= 11 is 12.4. The van der Waals surface area contributed by atoms with Crippen molar-refractivity contribution in [1.29, 1.82) is 0 Å². The molecular formula is C33H41Cl2N3O7S. The highest BCUT2D eigenvalue weighted by Crippen LogP contribution is 2.33. The number of carbonyl (C=O) groups excluding carboxylic acids is 2. The van der Waals surface area contributed by atoms with Crippen molar-refractivity contribution in [3.8, 4) is 17.2 Å². The molecule has 0 saturated heterocycles. The van der Waals surface area contributed by atoms with Crippen molar-refractivity contribution in [3.63, 3.8) is 0 Å². The summed E-state index contributed by atoms with van der Waals surface area (Å²) in [6.07, 6.45) is 0.264. The zero-order valence-electron chi connectivity index (χ0n) is 27.1. The van der Waals surface area contributed by atoms with Crippen molar-refractivity contribution in [2.75, 3.05) is 31.7 Å². The van der Waals surface area contributed by atoms with E-state index in [0.717, 1.165) is 4.31 Å². The Morgan fingerprint density at radius 1 is 0.891 bits per heavy atom. The van der Waals surface area contributed by atoms with Gasteiger partial charge in [0.25, 0.3) is 10.0 Å². The number of benzene rings is 3. The third kappa shape index (κ3) is 9.20. The number of carbonyl (C=O) groups is 2. The number of sulfonamides is 1. The van der Waals surface area contributed by atoms with Gasteiger partial charge in [0.1, 0.15) is 18.3 Å². The van der Waals surface area contributed by atoms with E-state index in [9.17, 15) is 18.0 Å². The topological polar surface area (TPSA) is 114 Å². The first-order valence-corrected chi connectivity index (χ1v) is 16.9. The number of nitrogens with one attached hydrogen (secondary N) is 1. The van der Waals surface area contributed by atoms with E-state index in [1.165, 1.54) is 37.3 Å². The van der Waals surface area contributed by atoms with Crippen molar-refractivity contribution < 1.29 is 32.2 Å². The van der Waals surface area contributed by atoms with Gasteiger partial charge in [0.2, 0.25) is 11.8 Å². The number of amides is 2. The lowest BCUT2D eigenvalue weighted by molar-refractivity contribution is -0.141. The largest absolute Gasteiger partial charge is 0.494 e. The van der Waals surface area contributed by atoms with Gasteiger partial charge in [-0.2, -0.15) is 0 Å².